The molecule has 2 rings (SSSR count). The molecule has 1 aromatic carbocycles. The van der Waals surface area contributed by atoms with Crippen molar-refractivity contribution < 1.29 is 9.47 Å². The van der Waals surface area contributed by atoms with Gasteiger partial charge in [-0.1, -0.05) is 30.3 Å². The van der Waals surface area contributed by atoms with Gasteiger partial charge in [0.15, 0.2) is 0 Å². The maximum absolute atomic E-state index is 6.13. The van der Waals surface area contributed by atoms with Crippen molar-refractivity contribution in [2.75, 3.05) is 6.61 Å². The normalized spacial score (nSPS) is 30.1. The SMILES string of the molecule is CC1CC(OCC(N)c2ccccc2)CC(C)O1. The number of nitrogens with two attached hydrogens (primary N) is 1. The van der Waals surface area contributed by atoms with Gasteiger partial charge in [0.05, 0.1) is 31.0 Å². The van der Waals surface area contributed by atoms with Gasteiger partial charge >= 0.3 is 0 Å². The monoisotopic (exact) mass is 249 g/mol. The molecular formula is C15H23NO2. The highest BCUT2D eigenvalue weighted by Gasteiger charge is 2.25. The highest BCUT2D eigenvalue weighted by molar-refractivity contribution is 5.18. The van der Waals surface area contributed by atoms with Crippen molar-refractivity contribution in [3.8, 4) is 0 Å². The van der Waals surface area contributed by atoms with Crippen LogP contribution in [0.2, 0.25) is 0 Å². The molecule has 100 valence electrons. The quantitative estimate of drug-likeness (QED) is 0.892. The minimum atomic E-state index is -0.0420. The molecule has 2 N–H and O–H groups in total. The third kappa shape index (κ3) is 3.80. The first-order valence-corrected chi connectivity index (χ1v) is 6.72. The Balaban J connectivity index is 1.81. The molecule has 0 aliphatic carbocycles. The van der Waals surface area contributed by atoms with Crippen molar-refractivity contribution >= 4 is 0 Å². The number of ether oxygens (including phenoxy) is 2. The Bertz CT molecular complexity index is 345. The molecule has 1 heterocycles. The predicted molar refractivity (Wildman–Crippen MR) is 72.4 cm³/mol. The topological polar surface area (TPSA) is 44.5 Å². The molecule has 0 radical (unpaired) electrons. The molecule has 0 amide bonds. The fourth-order valence-corrected chi connectivity index (χ4v) is 2.52. The van der Waals surface area contributed by atoms with Crippen LogP contribution in [0.25, 0.3) is 0 Å². The van der Waals surface area contributed by atoms with Gasteiger partial charge in [-0.05, 0) is 32.3 Å². The van der Waals surface area contributed by atoms with Crippen molar-refractivity contribution in [2.24, 2.45) is 5.73 Å². The summed E-state index contributed by atoms with van der Waals surface area (Å²) < 4.78 is 11.6. The number of rotatable bonds is 4. The molecule has 0 spiro atoms. The van der Waals surface area contributed by atoms with Gasteiger partial charge < -0.3 is 15.2 Å². The Kier molecular flexibility index (Phi) is 4.75. The number of benzene rings is 1. The van der Waals surface area contributed by atoms with Gasteiger partial charge in [-0.2, -0.15) is 0 Å². The fourth-order valence-electron chi connectivity index (χ4n) is 2.52. The molecule has 3 nitrogen and oxygen atoms in total. The van der Waals surface area contributed by atoms with E-state index in [0.29, 0.717) is 6.61 Å². The minimum absolute atomic E-state index is 0.0420. The van der Waals surface area contributed by atoms with E-state index in [1.165, 1.54) is 0 Å². The lowest BCUT2D eigenvalue weighted by molar-refractivity contribution is -0.103. The molecule has 1 saturated heterocycles. The van der Waals surface area contributed by atoms with Gasteiger partial charge in [0.25, 0.3) is 0 Å². The van der Waals surface area contributed by atoms with Crippen LogP contribution in [0.15, 0.2) is 30.3 Å². The lowest BCUT2D eigenvalue weighted by Crippen LogP contribution is -2.35. The van der Waals surface area contributed by atoms with Crippen molar-refractivity contribution in [3.63, 3.8) is 0 Å². The average molecular weight is 249 g/mol. The van der Waals surface area contributed by atoms with Crippen molar-refractivity contribution in [1.82, 2.24) is 0 Å². The zero-order valence-corrected chi connectivity index (χ0v) is 11.2. The summed E-state index contributed by atoms with van der Waals surface area (Å²) in [4.78, 5) is 0. The van der Waals surface area contributed by atoms with E-state index in [1.54, 1.807) is 0 Å². The highest BCUT2D eigenvalue weighted by atomic mass is 16.5. The largest absolute Gasteiger partial charge is 0.376 e. The van der Waals surface area contributed by atoms with Crippen LogP contribution in [-0.2, 0) is 9.47 Å². The van der Waals surface area contributed by atoms with Crippen molar-refractivity contribution in [2.45, 2.75) is 51.0 Å². The summed E-state index contributed by atoms with van der Waals surface area (Å²) in [5.74, 6) is 0. The van der Waals surface area contributed by atoms with E-state index in [1.807, 2.05) is 30.3 Å². The van der Waals surface area contributed by atoms with Crippen LogP contribution >= 0.6 is 0 Å². The second kappa shape index (κ2) is 6.32. The van der Waals surface area contributed by atoms with Crippen LogP contribution in [0, 0.1) is 0 Å². The minimum Gasteiger partial charge on any atom is -0.376 e. The summed E-state index contributed by atoms with van der Waals surface area (Å²) in [5, 5.41) is 0. The van der Waals surface area contributed by atoms with Crippen LogP contribution in [0.3, 0.4) is 0 Å². The van der Waals surface area contributed by atoms with E-state index in [-0.39, 0.29) is 24.4 Å². The summed E-state index contributed by atoms with van der Waals surface area (Å²) in [6, 6.07) is 10.1. The van der Waals surface area contributed by atoms with Crippen LogP contribution in [0.4, 0.5) is 0 Å². The van der Waals surface area contributed by atoms with E-state index in [9.17, 15) is 0 Å². The van der Waals surface area contributed by atoms with Gasteiger partial charge in [0, 0.05) is 0 Å². The molecular weight excluding hydrogens is 226 g/mol. The van der Waals surface area contributed by atoms with Gasteiger partial charge in [0.1, 0.15) is 0 Å². The number of hydrogen-bond donors (Lipinski definition) is 1. The van der Waals surface area contributed by atoms with Gasteiger partial charge in [-0.25, -0.2) is 0 Å². The first kappa shape index (κ1) is 13.5. The predicted octanol–water partition coefficient (Wildman–Crippen LogP) is 2.66. The molecule has 1 aliphatic heterocycles. The molecule has 18 heavy (non-hydrogen) atoms. The Hall–Kier alpha value is -0.900. The van der Waals surface area contributed by atoms with Crippen molar-refractivity contribution in [3.05, 3.63) is 35.9 Å². The summed E-state index contributed by atoms with van der Waals surface area (Å²) in [6.45, 7) is 4.78. The van der Waals surface area contributed by atoms with E-state index < -0.39 is 0 Å². The summed E-state index contributed by atoms with van der Waals surface area (Å²) in [6.07, 6.45) is 2.77. The number of hydrogen-bond acceptors (Lipinski definition) is 3. The zero-order chi connectivity index (χ0) is 13.0. The second-order valence-corrected chi connectivity index (χ2v) is 5.20. The third-order valence-corrected chi connectivity index (χ3v) is 3.39. The summed E-state index contributed by atoms with van der Waals surface area (Å²) in [7, 11) is 0. The first-order valence-electron chi connectivity index (χ1n) is 6.72. The Morgan fingerprint density at radius 1 is 1.22 bits per heavy atom. The van der Waals surface area contributed by atoms with E-state index in [4.69, 9.17) is 15.2 Å². The Morgan fingerprint density at radius 3 is 2.44 bits per heavy atom. The van der Waals surface area contributed by atoms with E-state index >= 15 is 0 Å². The Labute approximate surface area is 109 Å². The molecule has 3 atom stereocenters. The maximum atomic E-state index is 6.13. The lowest BCUT2D eigenvalue weighted by Gasteiger charge is -2.32. The van der Waals surface area contributed by atoms with Crippen LogP contribution in [0.1, 0.15) is 38.3 Å². The van der Waals surface area contributed by atoms with Crippen LogP contribution < -0.4 is 5.73 Å². The van der Waals surface area contributed by atoms with Crippen molar-refractivity contribution in [1.29, 1.82) is 0 Å². The van der Waals surface area contributed by atoms with E-state index in [0.717, 1.165) is 18.4 Å². The van der Waals surface area contributed by atoms with Gasteiger partial charge in [0.2, 0.25) is 0 Å². The van der Waals surface area contributed by atoms with E-state index in [2.05, 4.69) is 13.8 Å². The fraction of sp³-hybridized carbons (Fsp3) is 0.600. The smallest absolute Gasteiger partial charge is 0.0663 e. The Morgan fingerprint density at radius 2 is 1.83 bits per heavy atom. The molecule has 1 aromatic rings. The molecule has 3 heteroatoms. The molecule has 0 bridgehead atoms. The molecule has 0 aromatic heterocycles. The molecule has 1 aliphatic rings. The van der Waals surface area contributed by atoms with Gasteiger partial charge in [-0.3, -0.25) is 0 Å². The zero-order valence-electron chi connectivity index (χ0n) is 11.2. The van der Waals surface area contributed by atoms with Crippen LogP contribution in [0.5, 0.6) is 0 Å². The first-order chi connectivity index (χ1) is 8.65. The maximum Gasteiger partial charge on any atom is 0.0663 e. The standard InChI is InChI=1S/C15H23NO2/c1-11-8-14(9-12(2)18-11)17-10-15(16)13-6-4-3-5-7-13/h3-7,11-12,14-15H,8-10,16H2,1-2H3. The lowest BCUT2D eigenvalue weighted by atomic mass is 10.0. The average Bonchev–Trinajstić information content (AvgIpc) is 2.36. The third-order valence-electron chi connectivity index (χ3n) is 3.39. The molecule has 3 unspecified atom stereocenters. The molecule has 1 fully saturated rings. The molecule has 0 saturated carbocycles. The second-order valence-electron chi connectivity index (χ2n) is 5.20. The highest BCUT2D eigenvalue weighted by Crippen LogP contribution is 2.22. The van der Waals surface area contributed by atoms with Gasteiger partial charge in [-0.15, -0.1) is 0 Å². The van der Waals surface area contributed by atoms with Crippen LogP contribution in [-0.4, -0.2) is 24.9 Å². The summed E-state index contributed by atoms with van der Waals surface area (Å²) in [5.41, 5.74) is 7.26. The summed E-state index contributed by atoms with van der Waals surface area (Å²) >= 11 is 0.